The average molecular weight is 670 g/mol. The second kappa shape index (κ2) is 7.06. The van der Waals surface area contributed by atoms with Crippen molar-refractivity contribution >= 4 is 95.6 Å². The molecule has 2 aromatic carbocycles. The fourth-order valence-electron chi connectivity index (χ4n) is 2.17. The van der Waals surface area contributed by atoms with E-state index in [9.17, 15) is 0 Å². The van der Waals surface area contributed by atoms with Gasteiger partial charge in [-0.3, -0.25) is 0 Å². The Balaban J connectivity index is 2.78. The lowest BCUT2D eigenvalue weighted by molar-refractivity contribution is 1.23. The van der Waals surface area contributed by atoms with Crippen LogP contribution in [0.4, 0.5) is 0 Å². The molecule has 0 N–H and O–H groups in total. The molecule has 6 heteroatoms. The summed E-state index contributed by atoms with van der Waals surface area (Å²) in [6, 6.07) is 14.6. The molecule has 21 heavy (non-hydrogen) atoms. The van der Waals surface area contributed by atoms with Crippen LogP contribution in [0.1, 0.15) is 16.7 Å². The highest BCUT2D eigenvalue weighted by molar-refractivity contribution is 9.39. The average Bonchev–Trinajstić information content (AvgIpc) is 2.36. The molecule has 0 aliphatic rings. The standard InChI is InChI=1S/C15H10Br6/c1-9-7-11(14(16,17)18)8-12(13(9)15(19,20)21)10-5-3-2-4-6-10/h2-8H,1H3. The summed E-state index contributed by atoms with van der Waals surface area (Å²) in [6.07, 6.45) is 0. The minimum atomic E-state index is -0.464. The second-order valence-electron chi connectivity index (χ2n) is 4.58. The first-order valence-corrected chi connectivity index (χ1v) is 10.7. The van der Waals surface area contributed by atoms with Gasteiger partial charge in [0, 0.05) is 5.56 Å². The second-order valence-corrected chi connectivity index (χ2v) is 18.1. The molecule has 0 aliphatic heterocycles. The summed E-state index contributed by atoms with van der Waals surface area (Å²) >= 11 is 21.8. The number of hydrogen-bond acceptors (Lipinski definition) is 0. The molecular weight excluding hydrogens is 660 g/mol. The molecule has 0 saturated carbocycles. The molecule has 0 nitrogen and oxygen atoms in total. The van der Waals surface area contributed by atoms with E-state index in [1.54, 1.807) is 0 Å². The lowest BCUT2D eigenvalue weighted by Crippen LogP contribution is -2.08. The van der Waals surface area contributed by atoms with Crippen molar-refractivity contribution < 1.29 is 0 Å². The van der Waals surface area contributed by atoms with Crippen LogP contribution in [-0.2, 0) is 4.29 Å². The minimum absolute atomic E-state index is 0.437. The maximum absolute atomic E-state index is 3.66. The summed E-state index contributed by atoms with van der Waals surface area (Å²) in [5.74, 6) is 0. The summed E-state index contributed by atoms with van der Waals surface area (Å²) < 4.78 is -0.901. The number of aryl methyl sites for hydroxylation is 1. The Morgan fingerprint density at radius 1 is 0.762 bits per heavy atom. The van der Waals surface area contributed by atoms with Crippen LogP contribution in [0.2, 0.25) is 0 Å². The van der Waals surface area contributed by atoms with Crippen molar-refractivity contribution in [2.24, 2.45) is 0 Å². The maximum Gasteiger partial charge on any atom is 0.160 e. The Morgan fingerprint density at radius 3 is 1.81 bits per heavy atom. The predicted octanol–water partition coefficient (Wildman–Crippen LogP) is 8.25. The lowest BCUT2D eigenvalue weighted by atomic mass is 9.95. The molecule has 112 valence electrons. The lowest BCUT2D eigenvalue weighted by Gasteiger charge is -2.24. The van der Waals surface area contributed by atoms with Crippen LogP contribution in [0.25, 0.3) is 11.1 Å². The van der Waals surface area contributed by atoms with E-state index in [2.05, 4.69) is 127 Å². The van der Waals surface area contributed by atoms with Gasteiger partial charge in [-0.15, -0.1) is 0 Å². The van der Waals surface area contributed by atoms with Crippen molar-refractivity contribution in [3.63, 3.8) is 0 Å². The number of benzene rings is 2. The van der Waals surface area contributed by atoms with Crippen LogP contribution in [0.5, 0.6) is 0 Å². The third kappa shape index (κ3) is 4.66. The molecule has 0 aliphatic carbocycles. The van der Waals surface area contributed by atoms with E-state index in [-0.39, 0.29) is 0 Å². The van der Waals surface area contributed by atoms with E-state index < -0.39 is 4.29 Å². The molecule has 0 aromatic heterocycles. The molecule has 2 aromatic rings. The smallest absolute Gasteiger partial charge is 0.0622 e. The largest absolute Gasteiger partial charge is 0.160 e. The predicted molar refractivity (Wildman–Crippen MR) is 114 cm³/mol. The van der Waals surface area contributed by atoms with Crippen LogP contribution in [0.15, 0.2) is 42.5 Å². The summed E-state index contributed by atoms with van der Waals surface area (Å²) in [6.45, 7) is 2.10. The fourth-order valence-corrected chi connectivity index (χ4v) is 4.44. The van der Waals surface area contributed by atoms with Gasteiger partial charge in [0.25, 0.3) is 0 Å². The highest BCUT2D eigenvalue weighted by Gasteiger charge is 2.30. The topological polar surface area (TPSA) is 0 Å². The highest BCUT2D eigenvalue weighted by Crippen LogP contribution is 2.52. The summed E-state index contributed by atoms with van der Waals surface area (Å²) in [7, 11) is 0. The third-order valence-corrected chi connectivity index (χ3v) is 5.59. The zero-order valence-corrected chi connectivity index (χ0v) is 20.3. The van der Waals surface area contributed by atoms with Crippen molar-refractivity contribution in [3.8, 4) is 11.1 Å². The van der Waals surface area contributed by atoms with Gasteiger partial charge >= 0.3 is 0 Å². The van der Waals surface area contributed by atoms with E-state index in [1.807, 2.05) is 18.2 Å². The van der Waals surface area contributed by atoms with Gasteiger partial charge < -0.3 is 0 Å². The normalized spacial score (nSPS) is 12.5. The zero-order valence-electron chi connectivity index (χ0n) is 10.8. The molecule has 0 bridgehead atoms. The molecule has 0 heterocycles. The fraction of sp³-hybridized carbons (Fsp3) is 0.200. The van der Waals surface area contributed by atoms with Gasteiger partial charge in [-0.25, -0.2) is 0 Å². The Bertz CT molecular complexity index is 638. The Labute approximate surface area is 175 Å². The molecule has 0 unspecified atom stereocenters. The monoisotopic (exact) mass is 664 g/mol. The molecule has 0 radical (unpaired) electrons. The van der Waals surface area contributed by atoms with Crippen LogP contribution in [0, 0.1) is 6.92 Å². The molecule has 0 atom stereocenters. The maximum atomic E-state index is 3.66. The van der Waals surface area contributed by atoms with Crippen LogP contribution in [-0.4, -0.2) is 0 Å². The first kappa shape index (κ1) is 18.7. The Morgan fingerprint density at radius 2 is 1.33 bits per heavy atom. The van der Waals surface area contributed by atoms with E-state index in [1.165, 1.54) is 5.56 Å². The van der Waals surface area contributed by atoms with E-state index >= 15 is 0 Å². The molecule has 2 rings (SSSR count). The number of halogens is 6. The van der Waals surface area contributed by atoms with Gasteiger partial charge in [0.05, 0.1) is 0 Å². The van der Waals surface area contributed by atoms with Crippen molar-refractivity contribution in [2.45, 2.75) is 11.2 Å². The Hall–Kier alpha value is 1.32. The van der Waals surface area contributed by atoms with Crippen molar-refractivity contribution in [3.05, 3.63) is 59.2 Å². The molecule has 0 spiro atoms. The molecule has 0 amide bonds. The minimum Gasteiger partial charge on any atom is -0.0622 e. The zero-order chi connectivity index (χ0) is 15.8. The first-order valence-electron chi connectivity index (χ1n) is 5.95. The SMILES string of the molecule is Cc1cc(C(Br)(Br)Br)cc(-c2ccccc2)c1C(Br)(Br)Br. The van der Waals surface area contributed by atoms with Gasteiger partial charge in [0.15, 0.2) is 4.29 Å². The van der Waals surface area contributed by atoms with Crippen LogP contribution < -0.4 is 0 Å². The van der Waals surface area contributed by atoms with Crippen molar-refractivity contribution in [1.29, 1.82) is 0 Å². The van der Waals surface area contributed by atoms with Gasteiger partial charge in [-0.2, -0.15) is 0 Å². The van der Waals surface area contributed by atoms with Crippen LogP contribution in [0.3, 0.4) is 0 Å². The van der Waals surface area contributed by atoms with Crippen LogP contribution >= 0.6 is 95.6 Å². The summed E-state index contributed by atoms with van der Waals surface area (Å²) in [4.78, 5) is 0. The third-order valence-electron chi connectivity index (χ3n) is 3.03. The highest BCUT2D eigenvalue weighted by atomic mass is 80.0. The Kier molecular flexibility index (Phi) is 6.27. The molecular formula is C15H10Br6. The van der Waals surface area contributed by atoms with E-state index in [0.29, 0.717) is 0 Å². The van der Waals surface area contributed by atoms with Crippen molar-refractivity contribution in [2.75, 3.05) is 0 Å². The van der Waals surface area contributed by atoms with E-state index in [4.69, 9.17) is 0 Å². The van der Waals surface area contributed by atoms with Gasteiger partial charge in [-0.1, -0.05) is 132 Å². The van der Waals surface area contributed by atoms with Crippen molar-refractivity contribution in [1.82, 2.24) is 0 Å². The number of alkyl halides is 6. The van der Waals surface area contributed by atoms with Gasteiger partial charge in [-0.05, 0) is 35.2 Å². The molecule has 0 saturated heterocycles. The quantitative estimate of drug-likeness (QED) is 0.269. The number of hydrogen-bond donors (Lipinski definition) is 0. The van der Waals surface area contributed by atoms with E-state index in [0.717, 1.165) is 22.3 Å². The van der Waals surface area contributed by atoms with Gasteiger partial charge in [0.1, 0.15) is 0 Å². The van der Waals surface area contributed by atoms with Gasteiger partial charge in [0.2, 0.25) is 0 Å². The first-order chi connectivity index (χ1) is 9.60. The number of rotatable bonds is 1. The summed E-state index contributed by atoms with van der Waals surface area (Å²) in [5.41, 5.74) is 5.73. The summed E-state index contributed by atoms with van der Waals surface area (Å²) in [5, 5.41) is 0. The molecule has 0 fully saturated rings.